The molecule has 1 rings (SSSR count). The van der Waals surface area contributed by atoms with Gasteiger partial charge in [0.05, 0.1) is 0 Å². The van der Waals surface area contributed by atoms with Gasteiger partial charge in [-0.25, -0.2) is 0 Å². The molecule has 0 radical (unpaired) electrons. The summed E-state index contributed by atoms with van der Waals surface area (Å²) in [5, 5.41) is 4.32. The SMILES string of the molecule is CSC1CCCC1N=[N+]=[N-]. The van der Waals surface area contributed by atoms with Crippen LogP contribution in [0.2, 0.25) is 0 Å². The first-order chi connectivity index (χ1) is 4.88. The fraction of sp³-hybridized carbons (Fsp3) is 1.00. The van der Waals surface area contributed by atoms with Gasteiger partial charge in [-0.05, 0) is 24.6 Å². The van der Waals surface area contributed by atoms with E-state index in [1.165, 1.54) is 12.8 Å². The molecule has 0 amide bonds. The highest BCUT2D eigenvalue weighted by Crippen LogP contribution is 2.30. The lowest BCUT2D eigenvalue weighted by atomic mass is 10.3. The summed E-state index contributed by atoms with van der Waals surface area (Å²) >= 11 is 1.82. The van der Waals surface area contributed by atoms with Crippen LogP contribution in [0.15, 0.2) is 5.11 Å². The molecule has 56 valence electrons. The summed E-state index contributed by atoms with van der Waals surface area (Å²) in [6.45, 7) is 0. The molecule has 0 saturated heterocycles. The van der Waals surface area contributed by atoms with Gasteiger partial charge < -0.3 is 0 Å². The second-order valence-corrected chi connectivity index (χ2v) is 3.55. The van der Waals surface area contributed by atoms with Crippen LogP contribution < -0.4 is 0 Å². The highest BCUT2D eigenvalue weighted by atomic mass is 32.2. The minimum absolute atomic E-state index is 0.264. The highest BCUT2D eigenvalue weighted by Gasteiger charge is 2.24. The van der Waals surface area contributed by atoms with E-state index in [4.69, 9.17) is 5.53 Å². The quantitative estimate of drug-likeness (QED) is 0.345. The van der Waals surface area contributed by atoms with E-state index in [0.29, 0.717) is 5.25 Å². The summed E-state index contributed by atoms with van der Waals surface area (Å²) in [7, 11) is 0. The fourth-order valence-electron chi connectivity index (χ4n) is 1.38. The van der Waals surface area contributed by atoms with Gasteiger partial charge in [0, 0.05) is 16.2 Å². The molecule has 0 aromatic carbocycles. The van der Waals surface area contributed by atoms with Crippen molar-refractivity contribution in [1.82, 2.24) is 0 Å². The molecule has 0 aromatic heterocycles. The first-order valence-corrected chi connectivity index (χ1v) is 4.74. The van der Waals surface area contributed by atoms with Crippen LogP contribution in [-0.2, 0) is 0 Å². The Morgan fingerprint density at radius 3 is 3.00 bits per heavy atom. The van der Waals surface area contributed by atoms with E-state index in [-0.39, 0.29) is 6.04 Å². The molecule has 10 heavy (non-hydrogen) atoms. The van der Waals surface area contributed by atoms with Crippen LogP contribution in [0.5, 0.6) is 0 Å². The van der Waals surface area contributed by atoms with Crippen molar-refractivity contribution in [2.45, 2.75) is 30.6 Å². The van der Waals surface area contributed by atoms with Crippen molar-refractivity contribution in [2.75, 3.05) is 6.26 Å². The standard InChI is InChI=1S/C6H11N3S/c1-10-6-4-2-3-5(6)8-9-7/h5-6H,2-4H2,1H3. The molecule has 1 aliphatic rings. The second-order valence-electron chi connectivity index (χ2n) is 2.48. The van der Waals surface area contributed by atoms with Crippen molar-refractivity contribution in [3.05, 3.63) is 10.4 Å². The summed E-state index contributed by atoms with van der Waals surface area (Å²) in [5.74, 6) is 0. The maximum Gasteiger partial charge on any atom is 0.0492 e. The van der Waals surface area contributed by atoms with Gasteiger partial charge in [0.1, 0.15) is 0 Å². The third kappa shape index (κ3) is 1.58. The first kappa shape index (κ1) is 7.76. The number of thioether (sulfide) groups is 1. The number of hydrogen-bond donors (Lipinski definition) is 0. The van der Waals surface area contributed by atoms with E-state index in [2.05, 4.69) is 16.3 Å². The number of azide groups is 1. The fourth-order valence-corrected chi connectivity index (χ4v) is 2.29. The Kier molecular flexibility index (Phi) is 2.90. The van der Waals surface area contributed by atoms with E-state index in [0.717, 1.165) is 6.42 Å². The van der Waals surface area contributed by atoms with Gasteiger partial charge in [0.15, 0.2) is 0 Å². The van der Waals surface area contributed by atoms with Gasteiger partial charge in [-0.3, -0.25) is 0 Å². The molecule has 0 aromatic rings. The lowest BCUT2D eigenvalue weighted by Gasteiger charge is -2.09. The zero-order valence-corrected chi connectivity index (χ0v) is 6.84. The molecule has 4 heteroatoms. The van der Waals surface area contributed by atoms with Crippen molar-refractivity contribution in [2.24, 2.45) is 5.11 Å². The van der Waals surface area contributed by atoms with E-state index in [1.807, 2.05) is 11.8 Å². The molecule has 1 fully saturated rings. The smallest absolute Gasteiger partial charge is 0.0492 e. The van der Waals surface area contributed by atoms with Crippen LogP contribution in [0.25, 0.3) is 10.4 Å². The summed E-state index contributed by atoms with van der Waals surface area (Å²) in [5.41, 5.74) is 8.19. The molecule has 2 unspecified atom stereocenters. The zero-order chi connectivity index (χ0) is 7.40. The van der Waals surface area contributed by atoms with E-state index in [1.54, 1.807) is 0 Å². The molecule has 2 atom stereocenters. The molecule has 1 saturated carbocycles. The average molecular weight is 157 g/mol. The first-order valence-electron chi connectivity index (χ1n) is 3.45. The Morgan fingerprint density at radius 1 is 1.60 bits per heavy atom. The van der Waals surface area contributed by atoms with Gasteiger partial charge in [-0.1, -0.05) is 11.5 Å². The molecule has 0 aliphatic heterocycles. The van der Waals surface area contributed by atoms with Crippen molar-refractivity contribution in [1.29, 1.82) is 0 Å². The van der Waals surface area contributed by atoms with Crippen molar-refractivity contribution >= 4 is 11.8 Å². The van der Waals surface area contributed by atoms with Gasteiger partial charge in [-0.2, -0.15) is 11.8 Å². The molecule has 0 spiro atoms. The van der Waals surface area contributed by atoms with E-state index in [9.17, 15) is 0 Å². The van der Waals surface area contributed by atoms with Crippen LogP contribution in [0, 0.1) is 0 Å². The molecule has 0 heterocycles. The number of hydrogen-bond acceptors (Lipinski definition) is 2. The monoisotopic (exact) mass is 157 g/mol. The second kappa shape index (κ2) is 3.74. The van der Waals surface area contributed by atoms with Crippen molar-refractivity contribution in [3.63, 3.8) is 0 Å². The third-order valence-electron chi connectivity index (χ3n) is 1.92. The minimum Gasteiger partial charge on any atom is -0.162 e. The maximum absolute atomic E-state index is 8.19. The van der Waals surface area contributed by atoms with Gasteiger partial charge in [0.25, 0.3) is 0 Å². The van der Waals surface area contributed by atoms with Gasteiger partial charge in [0.2, 0.25) is 0 Å². The Hall–Kier alpha value is -0.340. The topological polar surface area (TPSA) is 48.8 Å². The van der Waals surface area contributed by atoms with Crippen LogP contribution in [0.4, 0.5) is 0 Å². The number of rotatable bonds is 2. The summed E-state index contributed by atoms with van der Waals surface area (Å²) in [6.07, 6.45) is 5.59. The van der Waals surface area contributed by atoms with Crippen LogP contribution >= 0.6 is 11.8 Å². The predicted octanol–water partition coefficient (Wildman–Crippen LogP) is 2.58. The Balaban J connectivity index is 2.49. The van der Waals surface area contributed by atoms with Crippen LogP contribution in [0.3, 0.4) is 0 Å². The molecular formula is C6H11N3S. The van der Waals surface area contributed by atoms with Crippen molar-refractivity contribution in [3.8, 4) is 0 Å². The minimum atomic E-state index is 0.264. The van der Waals surface area contributed by atoms with Crippen LogP contribution in [0.1, 0.15) is 19.3 Å². The zero-order valence-electron chi connectivity index (χ0n) is 6.03. The Labute approximate surface area is 64.8 Å². The molecule has 3 nitrogen and oxygen atoms in total. The van der Waals surface area contributed by atoms with Gasteiger partial charge in [-0.15, -0.1) is 0 Å². The van der Waals surface area contributed by atoms with E-state index < -0.39 is 0 Å². The predicted molar refractivity (Wildman–Crippen MR) is 44.1 cm³/mol. The number of nitrogens with zero attached hydrogens (tertiary/aromatic N) is 3. The van der Waals surface area contributed by atoms with E-state index >= 15 is 0 Å². The molecule has 1 aliphatic carbocycles. The Morgan fingerprint density at radius 2 is 2.40 bits per heavy atom. The maximum atomic E-state index is 8.19. The highest BCUT2D eigenvalue weighted by molar-refractivity contribution is 7.99. The van der Waals surface area contributed by atoms with Crippen LogP contribution in [-0.4, -0.2) is 17.5 Å². The summed E-state index contributed by atoms with van der Waals surface area (Å²) in [4.78, 5) is 2.83. The normalized spacial score (nSPS) is 31.7. The average Bonchev–Trinajstić information content (AvgIpc) is 2.36. The summed E-state index contributed by atoms with van der Waals surface area (Å²) in [6, 6.07) is 0.264. The largest absolute Gasteiger partial charge is 0.162 e. The summed E-state index contributed by atoms with van der Waals surface area (Å²) < 4.78 is 0. The lowest BCUT2D eigenvalue weighted by molar-refractivity contribution is 0.711. The van der Waals surface area contributed by atoms with Crippen molar-refractivity contribution < 1.29 is 0 Å². The molecule has 0 bridgehead atoms. The van der Waals surface area contributed by atoms with Gasteiger partial charge >= 0.3 is 0 Å². The molecular weight excluding hydrogens is 146 g/mol. The third-order valence-corrected chi connectivity index (χ3v) is 3.08. The molecule has 0 N–H and O–H groups in total. The Bertz CT molecular complexity index is 153. The lowest BCUT2D eigenvalue weighted by Crippen LogP contribution is -2.11.